The van der Waals surface area contributed by atoms with Gasteiger partial charge in [0.25, 0.3) is 0 Å². The third-order valence-corrected chi connectivity index (χ3v) is 6.85. The van der Waals surface area contributed by atoms with Crippen molar-refractivity contribution in [1.29, 1.82) is 0 Å². The summed E-state index contributed by atoms with van der Waals surface area (Å²) >= 11 is 0. The fourth-order valence-corrected chi connectivity index (χ4v) is 4.70. The van der Waals surface area contributed by atoms with Crippen molar-refractivity contribution < 1.29 is 4.74 Å². The summed E-state index contributed by atoms with van der Waals surface area (Å²) in [5, 5.41) is 11.9. The van der Waals surface area contributed by atoms with Crippen LogP contribution in [0.4, 0.5) is 5.69 Å². The number of benzene rings is 1. The Labute approximate surface area is 210 Å². The van der Waals surface area contributed by atoms with Crippen molar-refractivity contribution in [3.05, 3.63) is 72.9 Å². The number of nitrogens with one attached hydrogen (secondary N) is 2. The van der Waals surface area contributed by atoms with E-state index in [4.69, 9.17) is 4.74 Å². The molecule has 1 unspecified atom stereocenters. The molecule has 3 aliphatic rings. The number of ether oxygens (including phenoxy) is 1. The molecule has 6 heteroatoms. The van der Waals surface area contributed by atoms with Crippen LogP contribution >= 0.6 is 0 Å². The van der Waals surface area contributed by atoms with E-state index in [2.05, 4.69) is 64.1 Å². The van der Waals surface area contributed by atoms with Crippen LogP contribution in [0.15, 0.2) is 72.9 Å². The molecule has 188 valence electrons. The topological polar surface area (TPSA) is 54.3 Å². The summed E-state index contributed by atoms with van der Waals surface area (Å²) in [7, 11) is 0. The standard InChI is InChI=1S/C27H35N5O.C2H6/c1-3-31-15-13-25(28-18-21-10-11-21)24(19-31)20(2)30-23-8-6-7-22(17-23)26-12-14-29-32(26)27-9-4-5-16-33-27;1-2/h3,6-8,12,14,17,21,27-28,30H,1-2,4-5,9-11,13,15-16,18-19H2;1-2H3. The molecule has 2 aromatic rings. The molecule has 0 radical (unpaired) electrons. The van der Waals surface area contributed by atoms with Crippen LogP contribution in [0.5, 0.6) is 0 Å². The fraction of sp³-hybridized carbons (Fsp3) is 0.483. The maximum Gasteiger partial charge on any atom is 0.150 e. The zero-order chi connectivity index (χ0) is 24.6. The van der Waals surface area contributed by atoms with Crippen LogP contribution in [0.3, 0.4) is 0 Å². The Morgan fingerprint density at radius 1 is 1.20 bits per heavy atom. The predicted octanol–water partition coefficient (Wildman–Crippen LogP) is 6.30. The number of aromatic nitrogens is 2. The van der Waals surface area contributed by atoms with Crippen LogP contribution in [0, 0.1) is 5.92 Å². The molecule has 0 amide bonds. The van der Waals surface area contributed by atoms with E-state index in [0.717, 1.165) is 74.1 Å². The molecule has 1 aliphatic carbocycles. The van der Waals surface area contributed by atoms with Crippen molar-refractivity contribution >= 4 is 5.69 Å². The normalized spacial score (nSPS) is 20.1. The fourth-order valence-electron chi connectivity index (χ4n) is 4.70. The minimum absolute atomic E-state index is 0.0210. The Balaban J connectivity index is 0.00000141. The van der Waals surface area contributed by atoms with E-state index in [1.54, 1.807) is 0 Å². The predicted molar refractivity (Wildman–Crippen MR) is 145 cm³/mol. The zero-order valence-electron chi connectivity index (χ0n) is 21.4. The van der Waals surface area contributed by atoms with Gasteiger partial charge in [-0.25, -0.2) is 4.68 Å². The molecule has 0 spiro atoms. The molecule has 3 heterocycles. The molecule has 1 atom stereocenters. The smallest absolute Gasteiger partial charge is 0.150 e. The quantitative estimate of drug-likeness (QED) is 0.445. The molecule has 1 saturated carbocycles. The maximum atomic E-state index is 5.98. The van der Waals surface area contributed by atoms with Crippen LogP contribution in [-0.2, 0) is 4.74 Å². The van der Waals surface area contributed by atoms with Crippen molar-refractivity contribution in [1.82, 2.24) is 20.0 Å². The van der Waals surface area contributed by atoms with Crippen LogP contribution in [0.25, 0.3) is 11.3 Å². The lowest BCUT2D eigenvalue weighted by Gasteiger charge is -2.31. The number of hydrogen-bond donors (Lipinski definition) is 2. The van der Waals surface area contributed by atoms with Crippen LogP contribution in [0.2, 0.25) is 0 Å². The van der Waals surface area contributed by atoms with Crippen LogP contribution in [-0.4, -0.2) is 40.9 Å². The molecule has 1 aromatic heterocycles. The summed E-state index contributed by atoms with van der Waals surface area (Å²) < 4.78 is 8.01. The highest BCUT2D eigenvalue weighted by Crippen LogP contribution is 2.31. The van der Waals surface area contributed by atoms with Gasteiger partial charge >= 0.3 is 0 Å². The minimum atomic E-state index is 0.0210. The molecule has 1 aromatic carbocycles. The molecule has 1 saturated heterocycles. The van der Waals surface area contributed by atoms with E-state index in [1.807, 2.05) is 30.9 Å². The summed E-state index contributed by atoms with van der Waals surface area (Å²) in [4.78, 5) is 2.25. The molecule has 2 fully saturated rings. The van der Waals surface area contributed by atoms with E-state index in [0.29, 0.717) is 0 Å². The molecule has 2 N–H and O–H groups in total. The SMILES string of the molecule is C=CN1CCC(NCC2CC2)=C(C(=C)Nc2cccc(-c3ccnn3C3CCCCO3)c2)C1.CC. The van der Waals surface area contributed by atoms with Gasteiger partial charge in [-0.05, 0) is 62.4 Å². The lowest BCUT2D eigenvalue weighted by atomic mass is 10.0. The Morgan fingerprint density at radius 3 is 2.80 bits per heavy atom. The number of rotatable bonds is 9. The molecule has 0 bridgehead atoms. The highest BCUT2D eigenvalue weighted by Gasteiger charge is 2.24. The number of anilines is 1. The van der Waals surface area contributed by atoms with Gasteiger partial charge in [0.15, 0.2) is 6.23 Å². The van der Waals surface area contributed by atoms with Crippen molar-refractivity contribution in [2.45, 2.75) is 58.6 Å². The average molecular weight is 476 g/mol. The molecular formula is C29H41N5O. The first-order chi connectivity index (χ1) is 17.2. The second-order valence-corrected chi connectivity index (χ2v) is 9.35. The lowest BCUT2D eigenvalue weighted by Crippen LogP contribution is -2.33. The van der Waals surface area contributed by atoms with Gasteiger partial charge in [-0.1, -0.05) is 39.1 Å². The van der Waals surface area contributed by atoms with Gasteiger partial charge in [-0.3, -0.25) is 0 Å². The summed E-state index contributed by atoms with van der Waals surface area (Å²) in [6, 6.07) is 10.6. The third-order valence-electron chi connectivity index (χ3n) is 6.85. The largest absolute Gasteiger partial charge is 0.388 e. The van der Waals surface area contributed by atoms with Gasteiger partial charge in [0.1, 0.15) is 0 Å². The Kier molecular flexibility index (Phi) is 8.69. The van der Waals surface area contributed by atoms with E-state index >= 15 is 0 Å². The Morgan fingerprint density at radius 2 is 2.06 bits per heavy atom. The van der Waals surface area contributed by atoms with E-state index in [-0.39, 0.29) is 6.23 Å². The van der Waals surface area contributed by atoms with E-state index in [9.17, 15) is 0 Å². The number of nitrogens with zero attached hydrogens (tertiary/aromatic N) is 3. The second-order valence-electron chi connectivity index (χ2n) is 9.35. The third kappa shape index (κ3) is 6.37. The van der Waals surface area contributed by atoms with Crippen LogP contribution in [0.1, 0.15) is 58.6 Å². The van der Waals surface area contributed by atoms with Gasteiger partial charge in [-0.15, -0.1) is 0 Å². The first-order valence-electron chi connectivity index (χ1n) is 13.3. The van der Waals surface area contributed by atoms with Gasteiger partial charge in [0, 0.05) is 67.1 Å². The highest BCUT2D eigenvalue weighted by molar-refractivity contribution is 5.67. The summed E-state index contributed by atoms with van der Waals surface area (Å²) in [6.45, 7) is 16.1. The molecule has 35 heavy (non-hydrogen) atoms. The molecule has 2 aliphatic heterocycles. The maximum absolute atomic E-state index is 5.98. The molecular weight excluding hydrogens is 434 g/mol. The molecule has 5 rings (SSSR count). The Bertz CT molecular complexity index is 1030. The highest BCUT2D eigenvalue weighted by atomic mass is 16.5. The van der Waals surface area contributed by atoms with Gasteiger partial charge < -0.3 is 20.3 Å². The molecule has 6 nitrogen and oxygen atoms in total. The Hall–Kier alpha value is -2.99. The number of hydrogen-bond acceptors (Lipinski definition) is 5. The van der Waals surface area contributed by atoms with E-state index < -0.39 is 0 Å². The lowest BCUT2D eigenvalue weighted by molar-refractivity contribution is -0.0383. The van der Waals surface area contributed by atoms with Crippen LogP contribution < -0.4 is 10.6 Å². The van der Waals surface area contributed by atoms with Gasteiger partial charge in [0.2, 0.25) is 0 Å². The minimum Gasteiger partial charge on any atom is -0.388 e. The van der Waals surface area contributed by atoms with Crippen molar-refractivity contribution in [2.75, 3.05) is 31.6 Å². The van der Waals surface area contributed by atoms with Gasteiger partial charge in [0.05, 0.1) is 5.69 Å². The summed E-state index contributed by atoms with van der Waals surface area (Å²) in [6.07, 6.45) is 10.8. The zero-order valence-corrected chi connectivity index (χ0v) is 21.4. The van der Waals surface area contributed by atoms with Gasteiger partial charge in [-0.2, -0.15) is 5.10 Å². The van der Waals surface area contributed by atoms with Crippen molar-refractivity contribution in [3.63, 3.8) is 0 Å². The first-order valence-corrected chi connectivity index (χ1v) is 13.3. The average Bonchev–Trinajstić information content (AvgIpc) is 3.62. The monoisotopic (exact) mass is 475 g/mol. The summed E-state index contributed by atoms with van der Waals surface area (Å²) in [5.41, 5.74) is 6.74. The summed E-state index contributed by atoms with van der Waals surface area (Å²) in [5.74, 6) is 0.840. The second kappa shape index (κ2) is 12.1. The van der Waals surface area contributed by atoms with Crippen molar-refractivity contribution in [3.8, 4) is 11.3 Å². The van der Waals surface area contributed by atoms with Crippen molar-refractivity contribution in [2.24, 2.45) is 5.92 Å². The van der Waals surface area contributed by atoms with E-state index in [1.165, 1.54) is 30.5 Å². The first kappa shape index (κ1) is 25.1.